The smallest absolute Gasteiger partial charge is 0.319 e. The summed E-state index contributed by atoms with van der Waals surface area (Å²) in [6, 6.07) is 12.9. The Bertz CT molecular complexity index is 863. The molecule has 3 N–H and O–H groups in total. The van der Waals surface area contributed by atoms with E-state index in [2.05, 4.69) is 16.0 Å². The predicted octanol–water partition coefficient (Wildman–Crippen LogP) is 4.26. The van der Waals surface area contributed by atoms with Gasteiger partial charge in [0.05, 0.1) is 11.6 Å². The van der Waals surface area contributed by atoms with E-state index >= 15 is 0 Å². The van der Waals surface area contributed by atoms with Gasteiger partial charge in [-0.1, -0.05) is 35.3 Å². The molecule has 2 aromatic rings. The molecule has 0 spiro atoms. The molecule has 2 aromatic carbocycles. The van der Waals surface area contributed by atoms with Crippen molar-refractivity contribution in [2.45, 2.75) is 13.0 Å². The van der Waals surface area contributed by atoms with Crippen molar-refractivity contribution in [2.75, 3.05) is 5.32 Å². The number of halogens is 2. The highest BCUT2D eigenvalue weighted by Crippen LogP contribution is 2.29. The van der Waals surface area contributed by atoms with E-state index in [1.54, 1.807) is 49.4 Å². The Morgan fingerprint density at radius 3 is 2.48 bits per heavy atom. The number of anilines is 1. The molecule has 5 nitrogen and oxygen atoms in total. The molecule has 25 heavy (non-hydrogen) atoms. The number of rotatable bonds is 3. The first-order valence-electron chi connectivity index (χ1n) is 7.54. The highest BCUT2D eigenvalue weighted by molar-refractivity contribution is 6.31. The maximum Gasteiger partial charge on any atom is 0.319 e. The molecule has 0 aliphatic carbocycles. The summed E-state index contributed by atoms with van der Waals surface area (Å²) in [5.41, 5.74) is 2.23. The first-order chi connectivity index (χ1) is 11.9. The number of carbonyl (C=O) groups excluding carboxylic acids is 2. The normalized spacial score (nSPS) is 16.9. The number of urea groups is 1. The number of hydrogen-bond donors (Lipinski definition) is 3. The Morgan fingerprint density at radius 1 is 1.08 bits per heavy atom. The Hall–Kier alpha value is -2.50. The zero-order valence-electron chi connectivity index (χ0n) is 13.3. The van der Waals surface area contributed by atoms with Crippen molar-refractivity contribution >= 4 is 40.8 Å². The molecule has 3 amide bonds. The summed E-state index contributed by atoms with van der Waals surface area (Å²) in [6.45, 7) is 1.69. The van der Waals surface area contributed by atoms with Crippen molar-refractivity contribution in [1.82, 2.24) is 10.6 Å². The maximum absolute atomic E-state index is 12.8. The van der Waals surface area contributed by atoms with Crippen LogP contribution in [0.5, 0.6) is 0 Å². The van der Waals surface area contributed by atoms with Gasteiger partial charge in [-0.05, 0) is 48.9 Å². The fourth-order valence-corrected chi connectivity index (χ4v) is 2.99. The van der Waals surface area contributed by atoms with Gasteiger partial charge in [0, 0.05) is 21.4 Å². The van der Waals surface area contributed by atoms with Crippen molar-refractivity contribution in [1.29, 1.82) is 0 Å². The average molecular weight is 376 g/mol. The molecular weight excluding hydrogens is 361 g/mol. The van der Waals surface area contributed by atoms with Gasteiger partial charge in [-0.15, -0.1) is 0 Å². The SMILES string of the molecule is CC1=C(C(=O)Nc2ccc(Cl)cc2)[C@H](c2cccc(Cl)c2)NC(=O)N1. The zero-order valence-corrected chi connectivity index (χ0v) is 14.8. The summed E-state index contributed by atoms with van der Waals surface area (Å²) in [5.74, 6) is -0.322. The number of allylic oxidation sites excluding steroid dienone is 1. The summed E-state index contributed by atoms with van der Waals surface area (Å²) in [4.78, 5) is 24.7. The summed E-state index contributed by atoms with van der Waals surface area (Å²) >= 11 is 11.9. The molecule has 0 radical (unpaired) electrons. The Labute approximate surface area is 155 Å². The first kappa shape index (κ1) is 17.3. The average Bonchev–Trinajstić information content (AvgIpc) is 2.56. The van der Waals surface area contributed by atoms with Gasteiger partial charge in [0.15, 0.2) is 0 Å². The molecule has 1 aliphatic rings. The van der Waals surface area contributed by atoms with E-state index in [0.29, 0.717) is 27.0 Å². The van der Waals surface area contributed by atoms with Crippen LogP contribution in [0.4, 0.5) is 10.5 Å². The van der Waals surface area contributed by atoms with E-state index in [0.717, 1.165) is 5.56 Å². The van der Waals surface area contributed by atoms with E-state index in [1.165, 1.54) is 0 Å². The molecule has 1 aliphatic heterocycles. The van der Waals surface area contributed by atoms with Crippen LogP contribution in [0.3, 0.4) is 0 Å². The highest BCUT2D eigenvalue weighted by Gasteiger charge is 2.31. The lowest BCUT2D eigenvalue weighted by Gasteiger charge is -2.28. The van der Waals surface area contributed by atoms with Gasteiger partial charge in [0.2, 0.25) is 0 Å². The van der Waals surface area contributed by atoms with Crippen molar-refractivity contribution < 1.29 is 9.59 Å². The summed E-state index contributed by atoms with van der Waals surface area (Å²) in [7, 11) is 0. The van der Waals surface area contributed by atoms with Crippen LogP contribution in [-0.2, 0) is 4.79 Å². The number of benzene rings is 2. The molecule has 0 bridgehead atoms. The van der Waals surface area contributed by atoms with Crippen molar-refractivity contribution in [3.63, 3.8) is 0 Å². The molecule has 128 valence electrons. The largest absolute Gasteiger partial charge is 0.327 e. The second-order valence-electron chi connectivity index (χ2n) is 5.59. The molecule has 3 rings (SSSR count). The number of nitrogens with one attached hydrogen (secondary N) is 3. The Kier molecular flexibility index (Phi) is 4.97. The van der Waals surface area contributed by atoms with Crippen LogP contribution in [0.2, 0.25) is 10.0 Å². The minimum absolute atomic E-state index is 0.322. The number of carbonyl (C=O) groups is 2. The summed E-state index contributed by atoms with van der Waals surface area (Å²) in [6.07, 6.45) is 0. The quantitative estimate of drug-likeness (QED) is 0.749. The van der Waals surface area contributed by atoms with E-state index in [4.69, 9.17) is 23.2 Å². The lowest BCUT2D eigenvalue weighted by atomic mass is 9.95. The predicted molar refractivity (Wildman–Crippen MR) is 98.6 cm³/mol. The minimum atomic E-state index is -0.597. The van der Waals surface area contributed by atoms with Crippen LogP contribution in [0.15, 0.2) is 59.8 Å². The van der Waals surface area contributed by atoms with Crippen molar-refractivity contribution in [3.05, 3.63) is 75.4 Å². The monoisotopic (exact) mass is 375 g/mol. The van der Waals surface area contributed by atoms with Crippen LogP contribution in [0.1, 0.15) is 18.5 Å². The standard InChI is InChI=1S/C18H15Cl2N3O2/c1-10-15(17(24)22-14-7-5-12(19)6-8-14)16(23-18(25)21-10)11-3-2-4-13(20)9-11/h2-9,16H,1H3,(H,22,24)(H2,21,23,25)/t16-/m0/s1. The number of amides is 3. The molecule has 0 aromatic heterocycles. The number of hydrogen-bond acceptors (Lipinski definition) is 2. The van der Waals surface area contributed by atoms with Crippen LogP contribution in [-0.4, -0.2) is 11.9 Å². The van der Waals surface area contributed by atoms with E-state index < -0.39 is 6.04 Å². The summed E-state index contributed by atoms with van der Waals surface area (Å²) in [5, 5.41) is 9.33. The van der Waals surface area contributed by atoms with Crippen LogP contribution in [0, 0.1) is 0 Å². The van der Waals surface area contributed by atoms with Gasteiger partial charge >= 0.3 is 6.03 Å². The lowest BCUT2D eigenvalue weighted by Crippen LogP contribution is -2.45. The third kappa shape index (κ3) is 3.95. The van der Waals surface area contributed by atoms with E-state index in [1.807, 2.05) is 6.07 Å². The van der Waals surface area contributed by atoms with Crippen molar-refractivity contribution in [3.8, 4) is 0 Å². The fraction of sp³-hybridized carbons (Fsp3) is 0.111. The van der Waals surface area contributed by atoms with Crippen LogP contribution < -0.4 is 16.0 Å². The summed E-state index contributed by atoms with van der Waals surface area (Å²) < 4.78 is 0. The van der Waals surface area contributed by atoms with E-state index in [9.17, 15) is 9.59 Å². The first-order valence-corrected chi connectivity index (χ1v) is 8.30. The molecule has 0 saturated heterocycles. The third-order valence-corrected chi connectivity index (χ3v) is 4.28. The maximum atomic E-state index is 12.8. The van der Waals surface area contributed by atoms with Crippen molar-refractivity contribution in [2.24, 2.45) is 0 Å². The molecule has 0 unspecified atom stereocenters. The Morgan fingerprint density at radius 2 is 1.80 bits per heavy atom. The molecule has 0 fully saturated rings. The second kappa shape index (κ2) is 7.17. The molecule has 1 heterocycles. The highest BCUT2D eigenvalue weighted by atomic mass is 35.5. The Balaban J connectivity index is 1.94. The molecule has 7 heteroatoms. The fourth-order valence-electron chi connectivity index (χ4n) is 2.66. The second-order valence-corrected chi connectivity index (χ2v) is 6.46. The van der Waals surface area contributed by atoms with Gasteiger partial charge in [0.1, 0.15) is 0 Å². The van der Waals surface area contributed by atoms with Gasteiger partial charge in [-0.2, -0.15) is 0 Å². The van der Waals surface area contributed by atoms with Gasteiger partial charge in [-0.3, -0.25) is 4.79 Å². The lowest BCUT2D eigenvalue weighted by molar-refractivity contribution is -0.113. The van der Waals surface area contributed by atoms with Gasteiger partial charge in [-0.25, -0.2) is 4.79 Å². The minimum Gasteiger partial charge on any atom is -0.327 e. The van der Waals surface area contributed by atoms with Crippen LogP contribution >= 0.6 is 23.2 Å². The molecule has 1 atom stereocenters. The molecular formula is C18H15Cl2N3O2. The van der Waals surface area contributed by atoms with E-state index in [-0.39, 0.29) is 11.9 Å². The third-order valence-electron chi connectivity index (χ3n) is 3.80. The van der Waals surface area contributed by atoms with Crippen LogP contribution in [0.25, 0.3) is 0 Å². The van der Waals surface area contributed by atoms with Gasteiger partial charge in [0.25, 0.3) is 5.91 Å². The molecule has 0 saturated carbocycles. The van der Waals surface area contributed by atoms with Gasteiger partial charge < -0.3 is 16.0 Å². The zero-order chi connectivity index (χ0) is 18.0. The topological polar surface area (TPSA) is 70.2 Å².